The Morgan fingerprint density at radius 1 is 1.33 bits per heavy atom. The van der Waals surface area contributed by atoms with Crippen LogP contribution in [0.3, 0.4) is 0 Å². The van der Waals surface area contributed by atoms with Crippen LogP contribution in [0.1, 0.15) is 30.9 Å². The molecule has 27 heavy (non-hydrogen) atoms. The van der Waals surface area contributed by atoms with Gasteiger partial charge in [-0.3, -0.25) is 4.79 Å². The number of aromatic nitrogens is 1. The van der Waals surface area contributed by atoms with Gasteiger partial charge in [-0.2, -0.15) is 8.78 Å². The van der Waals surface area contributed by atoms with E-state index in [0.29, 0.717) is 17.6 Å². The number of pyridine rings is 1. The number of hydrogen-bond donors (Lipinski definition) is 2. The minimum Gasteiger partial charge on any atom is -0.431 e. The highest BCUT2D eigenvalue weighted by atomic mass is 79.9. The Morgan fingerprint density at radius 2 is 2.04 bits per heavy atom. The van der Waals surface area contributed by atoms with Gasteiger partial charge >= 0.3 is 6.61 Å². The molecular formula is C19H20BrF2N3O2. The van der Waals surface area contributed by atoms with Crippen LogP contribution < -0.4 is 15.4 Å². The summed E-state index contributed by atoms with van der Waals surface area (Å²) in [5.41, 5.74) is 1.24. The molecule has 0 unspecified atom stereocenters. The summed E-state index contributed by atoms with van der Waals surface area (Å²) in [7, 11) is 0. The molecule has 2 heterocycles. The zero-order valence-electron chi connectivity index (χ0n) is 14.9. The van der Waals surface area contributed by atoms with Crippen molar-refractivity contribution < 1.29 is 18.3 Å². The van der Waals surface area contributed by atoms with Crippen LogP contribution in [0.2, 0.25) is 0 Å². The van der Waals surface area contributed by atoms with Crippen LogP contribution in [0.15, 0.2) is 41.0 Å². The molecule has 2 N–H and O–H groups in total. The molecule has 0 radical (unpaired) electrons. The third-order valence-electron chi connectivity index (χ3n) is 4.65. The molecule has 0 aliphatic carbocycles. The Balaban J connectivity index is 1.94. The number of anilines is 1. The minimum atomic E-state index is -3.02. The standard InChI is InChI=1S/C19H20BrF2N3O2/c1-11(2)13-5-3-4-6-14(13)19(9-23-10-19)17(26)25-16-15(27-18(21)22)7-12(20)8-24-16/h3-8,11,18,23H,9-10H2,1-2H3,(H,24,25,26). The Hall–Kier alpha value is -2.06. The minimum absolute atomic E-state index is 0.0307. The average Bonchev–Trinajstić information content (AvgIpc) is 2.56. The summed E-state index contributed by atoms with van der Waals surface area (Å²) >= 11 is 3.17. The molecule has 1 fully saturated rings. The van der Waals surface area contributed by atoms with Gasteiger partial charge in [-0.25, -0.2) is 4.98 Å². The molecule has 0 spiro atoms. The van der Waals surface area contributed by atoms with E-state index in [2.05, 4.69) is 50.1 Å². The Kier molecular flexibility index (Phi) is 5.76. The normalized spacial score (nSPS) is 15.5. The molecule has 0 saturated carbocycles. The van der Waals surface area contributed by atoms with Crippen molar-refractivity contribution in [1.82, 2.24) is 10.3 Å². The number of rotatable bonds is 6. The van der Waals surface area contributed by atoms with Crippen LogP contribution in [0.5, 0.6) is 5.75 Å². The quantitative estimate of drug-likeness (QED) is 0.712. The largest absolute Gasteiger partial charge is 0.431 e. The predicted octanol–water partition coefficient (Wildman–Crippen LogP) is 4.05. The molecule has 5 nitrogen and oxygen atoms in total. The summed E-state index contributed by atoms with van der Waals surface area (Å²) in [6.07, 6.45) is 1.42. The van der Waals surface area contributed by atoms with Crippen molar-refractivity contribution in [3.8, 4) is 5.75 Å². The first-order valence-corrected chi connectivity index (χ1v) is 9.35. The Labute approximate surface area is 164 Å². The van der Waals surface area contributed by atoms with Gasteiger partial charge in [-0.05, 0) is 33.0 Å². The van der Waals surface area contributed by atoms with Crippen molar-refractivity contribution in [2.75, 3.05) is 18.4 Å². The lowest BCUT2D eigenvalue weighted by molar-refractivity contribution is -0.123. The van der Waals surface area contributed by atoms with E-state index in [4.69, 9.17) is 0 Å². The fraction of sp³-hybridized carbons (Fsp3) is 0.368. The molecule has 2 aromatic rings. The highest BCUT2D eigenvalue weighted by Gasteiger charge is 2.47. The molecule has 1 aromatic heterocycles. The lowest BCUT2D eigenvalue weighted by atomic mass is 9.71. The molecule has 3 rings (SSSR count). The third-order valence-corrected chi connectivity index (χ3v) is 5.09. The molecule has 1 saturated heterocycles. The van der Waals surface area contributed by atoms with Gasteiger partial charge in [-0.15, -0.1) is 0 Å². The van der Waals surface area contributed by atoms with Crippen molar-refractivity contribution in [2.24, 2.45) is 0 Å². The maximum absolute atomic E-state index is 13.2. The van der Waals surface area contributed by atoms with E-state index in [-0.39, 0.29) is 23.4 Å². The number of carbonyl (C=O) groups excluding carboxylic acids is 1. The van der Waals surface area contributed by atoms with Crippen molar-refractivity contribution in [1.29, 1.82) is 0 Å². The number of hydrogen-bond acceptors (Lipinski definition) is 4. The molecule has 1 aliphatic heterocycles. The number of amides is 1. The van der Waals surface area contributed by atoms with Gasteiger partial charge in [0, 0.05) is 29.8 Å². The molecule has 1 aliphatic rings. The van der Waals surface area contributed by atoms with Crippen molar-refractivity contribution >= 4 is 27.7 Å². The Bertz CT molecular complexity index is 841. The maximum atomic E-state index is 13.2. The zero-order valence-corrected chi connectivity index (χ0v) is 16.5. The summed E-state index contributed by atoms with van der Waals surface area (Å²) in [5.74, 6) is -0.276. The van der Waals surface area contributed by atoms with E-state index in [0.717, 1.165) is 11.1 Å². The summed E-state index contributed by atoms with van der Waals surface area (Å²) in [5, 5.41) is 5.83. The molecule has 0 bridgehead atoms. The first-order valence-electron chi connectivity index (χ1n) is 8.55. The van der Waals surface area contributed by atoms with E-state index in [1.807, 2.05) is 24.3 Å². The van der Waals surface area contributed by atoms with Gasteiger partial charge < -0.3 is 15.4 Å². The predicted molar refractivity (Wildman–Crippen MR) is 102 cm³/mol. The highest BCUT2D eigenvalue weighted by Crippen LogP contribution is 2.36. The van der Waals surface area contributed by atoms with E-state index in [9.17, 15) is 13.6 Å². The van der Waals surface area contributed by atoms with E-state index < -0.39 is 12.0 Å². The van der Waals surface area contributed by atoms with Crippen LogP contribution in [0.4, 0.5) is 14.6 Å². The van der Waals surface area contributed by atoms with Gasteiger partial charge in [0.25, 0.3) is 0 Å². The summed E-state index contributed by atoms with van der Waals surface area (Å²) in [6, 6.07) is 9.15. The van der Waals surface area contributed by atoms with E-state index >= 15 is 0 Å². The molecular weight excluding hydrogens is 420 g/mol. The molecule has 1 amide bonds. The Morgan fingerprint density at radius 3 is 2.63 bits per heavy atom. The van der Waals surface area contributed by atoms with Crippen molar-refractivity contribution in [3.63, 3.8) is 0 Å². The number of halogens is 3. The van der Waals surface area contributed by atoms with Gasteiger partial charge in [-0.1, -0.05) is 38.1 Å². The number of alkyl halides is 2. The molecule has 144 valence electrons. The summed E-state index contributed by atoms with van der Waals surface area (Å²) in [6.45, 7) is 2.05. The van der Waals surface area contributed by atoms with Gasteiger partial charge in [0.15, 0.2) is 11.6 Å². The van der Waals surface area contributed by atoms with Crippen LogP contribution in [0, 0.1) is 0 Å². The monoisotopic (exact) mass is 439 g/mol. The second-order valence-corrected chi connectivity index (χ2v) is 7.68. The summed E-state index contributed by atoms with van der Waals surface area (Å²) < 4.78 is 30.4. The first kappa shape index (κ1) is 19.7. The number of benzene rings is 1. The van der Waals surface area contributed by atoms with Gasteiger partial charge in [0.05, 0.1) is 5.41 Å². The van der Waals surface area contributed by atoms with Crippen molar-refractivity contribution in [2.45, 2.75) is 31.8 Å². The molecule has 8 heteroatoms. The second kappa shape index (κ2) is 7.90. The zero-order chi connectivity index (χ0) is 19.6. The number of ether oxygens (including phenoxy) is 1. The van der Waals surface area contributed by atoms with Gasteiger partial charge in [0.2, 0.25) is 5.91 Å². The number of nitrogens with zero attached hydrogens (tertiary/aromatic N) is 1. The fourth-order valence-corrected chi connectivity index (χ4v) is 3.52. The average molecular weight is 440 g/mol. The lowest BCUT2D eigenvalue weighted by Gasteiger charge is -2.43. The lowest BCUT2D eigenvalue weighted by Crippen LogP contribution is -2.63. The molecule has 1 aromatic carbocycles. The smallest absolute Gasteiger partial charge is 0.387 e. The van der Waals surface area contributed by atoms with E-state index in [1.165, 1.54) is 12.3 Å². The number of nitrogens with one attached hydrogen (secondary N) is 2. The van der Waals surface area contributed by atoms with E-state index in [1.54, 1.807) is 0 Å². The fourth-order valence-electron chi connectivity index (χ4n) is 3.21. The van der Waals surface area contributed by atoms with Crippen LogP contribution in [0.25, 0.3) is 0 Å². The molecule has 0 atom stereocenters. The van der Waals surface area contributed by atoms with Crippen LogP contribution in [-0.2, 0) is 10.2 Å². The topological polar surface area (TPSA) is 63.2 Å². The number of carbonyl (C=O) groups is 1. The SMILES string of the molecule is CC(C)c1ccccc1C1(C(=O)Nc2ncc(Br)cc2OC(F)F)CNC1. The third kappa shape index (κ3) is 3.96. The first-order chi connectivity index (χ1) is 12.8. The van der Waals surface area contributed by atoms with Crippen molar-refractivity contribution in [3.05, 3.63) is 52.1 Å². The van der Waals surface area contributed by atoms with Crippen LogP contribution in [-0.4, -0.2) is 30.6 Å². The second-order valence-electron chi connectivity index (χ2n) is 6.76. The highest BCUT2D eigenvalue weighted by molar-refractivity contribution is 9.10. The van der Waals surface area contributed by atoms with Gasteiger partial charge in [0.1, 0.15) is 0 Å². The maximum Gasteiger partial charge on any atom is 0.387 e. The summed E-state index contributed by atoms with van der Waals surface area (Å²) in [4.78, 5) is 17.2. The van der Waals surface area contributed by atoms with Crippen LogP contribution >= 0.6 is 15.9 Å².